The average molecular weight is 294 g/mol. The molecule has 0 heterocycles. The Morgan fingerprint density at radius 2 is 2.11 bits per heavy atom. The lowest BCUT2D eigenvalue weighted by Gasteiger charge is -2.25. The van der Waals surface area contributed by atoms with Crippen LogP contribution in [0.5, 0.6) is 0 Å². The van der Waals surface area contributed by atoms with Crippen LogP contribution >= 0.6 is 24.0 Å². The fourth-order valence-electron chi connectivity index (χ4n) is 2.82. The Morgan fingerprint density at radius 3 is 2.68 bits per heavy atom. The maximum Gasteiger partial charge on any atom is 0.107 e. The molecule has 1 fully saturated rings. The molecule has 0 radical (unpaired) electrons. The van der Waals surface area contributed by atoms with Gasteiger partial charge in [-0.25, -0.2) is 0 Å². The molecule has 1 saturated carbocycles. The van der Waals surface area contributed by atoms with Gasteiger partial charge in [0, 0.05) is 22.7 Å². The Hall–Kier alpha value is -0.740. The number of thioether (sulfide) groups is 1. The number of nitrogens with two attached hydrogens (primary N) is 1. The van der Waals surface area contributed by atoms with Crippen LogP contribution < -0.4 is 11.1 Å². The lowest BCUT2D eigenvalue weighted by molar-refractivity contribution is 0.362. The summed E-state index contributed by atoms with van der Waals surface area (Å²) in [6, 6.07) is 6.21. The fraction of sp³-hybridized carbons (Fsp3) is 0.533. The van der Waals surface area contributed by atoms with E-state index >= 15 is 0 Å². The predicted molar refractivity (Wildman–Crippen MR) is 89.2 cm³/mol. The van der Waals surface area contributed by atoms with Gasteiger partial charge in [0.2, 0.25) is 0 Å². The van der Waals surface area contributed by atoms with E-state index in [4.69, 9.17) is 18.0 Å². The van der Waals surface area contributed by atoms with Gasteiger partial charge in [0.05, 0.1) is 0 Å². The number of thiocarbonyl (C=S) groups is 1. The molecule has 2 nitrogen and oxygen atoms in total. The van der Waals surface area contributed by atoms with Crippen molar-refractivity contribution in [3.63, 3.8) is 0 Å². The second-order valence-electron chi connectivity index (χ2n) is 5.62. The minimum absolute atomic E-state index is 0.419. The summed E-state index contributed by atoms with van der Waals surface area (Å²) < 4.78 is 0. The van der Waals surface area contributed by atoms with Crippen LogP contribution in [0.1, 0.15) is 38.2 Å². The van der Waals surface area contributed by atoms with Gasteiger partial charge >= 0.3 is 0 Å². The van der Waals surface area contributed by atoms with Crippen molar-refractivity contribution in [1.82, 2.24) is 0 Å². The zero-order chi connectivity index (χ0) is 13.9. The summed E-state index contributed by atoms with van der Waals surface area (Å²) in [6.07, 6.45) is 7.38. The smallest absolute Gasteiger partial charge is 0.107 e. The van der Waals surface area contributed by atoms with Gasteiger partial charge < -0.3 is 11.1 Å². The molecule has 1 aliphatic carbocycles. The second kappa shape index (κ2) is 6.14. The first-order valence-corrected chi connectivity index (χ1v) is 8.40. The van der Waals surface area contributed by atoms with Crippen molar-refractivity contribution in [1.29, 1.82) is 0 Å². The minimum Gasteiger partial charge on any atom is -0.389 e. The van der Waals surface area contributed by atoms with Crippen LogP contribution in [0, 0.1) is 5.41 Å². The summed E-state index contributed by atoms with van der Waals surface area (Å²) in [5.41, 5.74) is 8.37. The van der Waals surface area contributed by atoms with Gasteiger partial charge in [-0.05, 0) is 36.6 Å². The maximum atomic E-state index is 5.89. The minimum atomic E-state index is 0.419. The van der Waals surface area contributed by atoms with Crippen molar-refractivity contribution in [2.45, 2.75) is 37.5 Å². The van der Waals surface area contributed by atoms with Gasteiger partial charge in [-0.15, -0.1) is 11.8 Å². The molecule has 1 aromatic rings. The van der Waals surface area contributed by atoms with Crippen molar-refractivity contribution >= 4 is 34.7 Å². The zero-order valence-corrected chi connectivity index (χ0v) is 13.3. The maximum absolute atomic E-state index is 5.89. The molecule has 0 spiro atoms. The number of anilines is 1. The third-order valence-electron chi connectivity index (χ3n) is 4.01. The summed E-state index contributed by atoms with van der Waals surface area (Å²) in [5.74, 6) is 0. The number of rotatable bonds is 5. The molecule has 19 heavy (non-hydrogen) atoms. The van der Waals surface area contributed by atoms with Gasteiger partial charge in [0.1, 0.15) is 4.99 Å². The van der Waals surface area contributed by atoms with Gasteiger partial charge in [-0.3, -0.25) is 0 Å². The van der Waals surface area contributed by atoms with E-state index in [9.17, 15) is 0 Å². The fourth-order valence-corrected chi connectivity index (χ4v) is 3.74. The van der Waals surface area contributed by atoms with Crippen LogP contribution in [0.4, 0.5) is 5.69 Å². The van der Waals surface area contributed by atoms with E-state index in [1.807, 2.05) is 0 Å². The molecule has 0 amide bonds. The standard InChI is InChI=1S/C15H22N2S2/c1-15(8-3-4-9-15)10-17-11-6-5-7-12(19-2)13(11)14(16)18/h5-7,17H,3-4,8-10H2,1-2H3,(H2,16,18). The molecule has 4 heteroatoms. The third kappa shape index (κ3) is 3.42. The molecule has 0 aliphatic heterocycles. The lowest BCUT2D eigenvalue weighted by atomic mass is 9.89. The van der Waals surface area contributed by atoms with Crippen LogP contribution in [0.2, 0.25) is 0 Å². The van der Waals surface area contributed by atoms with E-state index in [2.05, 4.69) is 36.7 Å². The zero-order valence-electron chi connectivity index (χ0n) is 11.7. The highest BCUT2D eigenvalue weighted by atomic mass is 32.2. The molecule has 2 rings (SSSR count). The van der Waals surface area contributed by atoms with Crippen LogP contribution in [-0.2, 0) is 0 Å². The highest BCUT2D eigenvalue weighted by Crippen LogP contribution is 2.38. The van der Waals surface area contributed by atoms with Crippen molar-refractivity contribution in [2.24, 2.45) is 11.1 Å². The molecule has 0 bridgehead atoms. The van der Waals surface area contributed by atoms with Crippen molar-refractivity contribution in [3.05, 3.63) is 23.8 Å². The van der Waals surface area contributed by atoms with E-state index < -0.39 is 0 Å². The van der Waals surface area contributed by atoms with Gasteiger partial charge in [-0.2, -0.15) is 0 Å². The monoisotopic (exact) mass is 294 g/mol. The van der Waals surface area contributed by atoms with Crippen LogP contribution in [0.15, 0.2) is 23.1 Å². The summed E-state index contributed by atoms with van der Waals surface area (Å²) in [5, 5.41) is 3.57. The van der Waals surface area contributed by atoms with Gasteiger partial charge in [0.15, 0.2) is 0 Å². The number of nitrogens with one attached hydrogen (secondary N) is 1. The van der Waals surface area contributed by atoms with E-state index in [1.54, 1.807) is 11.8 Å². The predicted octanol–water partition coefficient (Wildman–Crippen LogP) is 4.03. The van der Waals surface area contributed by atoms with E-state index in [0.29, 0.717) is 10.4 Å². The van der Waals surface area contributed by atoms with Gasteiger partial charge in [-0.1, -0.05) is 38.0 Å². The molecule has 104 valence electrons. The molecular weight excluding hydrogens is 272 g/mol. The molecule has 0 aromatic heterocycles. The molecule has 0 atom stereocenters. The van der Waals surface area contributed by atoms with Crippen LogP contribution in [0.3, 0.4) is 0 Å². The Balaban J connectivity index is 2.17. The van der Waals surface area contributed by atoms with Crippen molar-refractivity contribution < 1.29 is 0 Å². The number of hydrogen-bond acceptors (Lipinski definition) is 3. The molecule has 0 saturated heterocycles. The summed E-state index contributed by atoms with van der Waals surface area (Å²) in [7, 11) is 0. The summed E-state index contributed by atoms with van der Waals surface area (Å²) >= 11 is 6.89. The normalized spacial score (nSPS) is 17.4. The molecule has 1 aliphatic rings. The second-order valence-corrected chi connectivity index (χ2v) is 6.91. The molecule has 0 unspecified atom stereocenters. The number of hydrogen-bond donors (Lipinski definition) is 2. The highest BCUT2D eigenvalue weighted by Gasteiger charge is 2.28. The third-order valence-corrected chi connectivity index (χ3v) is 4.99. The Kier molecular flexibility index (Phi) is 4.74. The van der Waals surface area contributed by atoms with Crippen LogP contribution in [-0.4, -0.2) is 17.8 Å². The Bertz CT molecular complexity index is 465. The Morgan fingerprint density at radius 1 is 1.42 bits per heavy atom. The topological polar surface area (TPSA) is 38.0 Å². The number of benzene rings is 1. The first-order valence-electron chi connectivity index (χ1n) is 6.76. The lowest BCUT2D eigenvalue weighted by Crippen LogP contribution is -2.24. The van der Waals surface area contributed by atoms with E-state index in [-0.39, 0.29) is 0 Å². The summed E-state index contributed by atoms with van der Waals surface area (Å²) in [4.78, 5) is 1.62. The molecule has 1 aromatic carbocycles. The first-order chi connectivity index (χ1) is 9.06. The van der Waals surface area contributed by atoms with Crippen molar-refractivity contribution in [3.8, 4) is 0 Å². The average Bonchev–Trinajstić information content (AvgIpc) is 2.83. The SMILES string of the molecule is CSc1cccc(NCC2(C)CCCC2)c1C(N)=S. The molecular formula is C15H22N2S2. The van der Waals surface area contributed by atoms with Gasteiger partial charge in [0.25, 0.3) is 0 Å². The quantitative estimate of drug-likeness (QED) is 0.635. The van der Waals surface area contributed by atoms with Crippen molar-refractivity contribution in [2.75, 3.05) is 18.1 Å². The largest absolute Gasteiger partial charge is 0.389 e. The molecule has 3 N–H and O–H groups in total. The van der Waals surface area contributed by atoms with E-state index in [1.165, 1.54) is 25.7 Å². The van der Waals surface area contributed by atoms with E-state index in [0.717, 1.165) is 22.7 Å². The van der Waals surface area contributed by atoms with Crippen LogP contribution in [0.25, 0.3) is 0 Å². The first kappa shape index (κ1) is 14.7. The summed E-state index contributed by atoms with van der Waals surface area (Å²) in [6.45, 7) is 3.37. The highest BCUT2D eigenvalue weighted by molar-refractivity contribution is 7.98. The Labute approximate surface area is 125 Å².